The van der Waals surface area contributed by atoms with Gasteiger partial charge in [0.25, 0.3) is 0 Å². The van der Waals surface area contributed by atoms with Crippen molar-refractivity contribution < 1.29 is 4.74 Å². The Hall–Kier alpha value is -1.83. The van der Waals surface area contributed by atoms with Crippen LogP contribution in [0.3, 0.4) is 0 Å². The smallest absolute Gasteiger partial charge is 0.141 e. The predicted molar refractivity (Wildman–Crippen MR) is 73.7 cm³/mol. The molecule has 0 N–H and O–H groups in total. The summed E-state index contributed by atoms with van der Waals surface area (Å²) in [5.74, 6) is 0.869. The van der Waals surface area contributed by atoms with Gasteiger partial charge in [0, 0.05) is 11.6 Å². The van der Waals surface area contributed by atoms with Crippen molar-refractivity contribution in [3.05, 3.63) is 59.9 Å². The number of hydrogen-bond acceptors (Lipinski definition) is 2. The van der Waals surface area contributed by atoms with Crippen LogP contribution in [0.1, 0.15) is 32.0 Å². The molecule has 0 saturated carbocycles. The summed E-state index contributed by atoms with van der Waals surface area (Å²) in [5, 5.41) is 0. The molecule has 0 aliphatic heterocycles. The molecule has 0 atom stereocenters. The van der Waals surface area contributed by atoms with Gasteiger partial charge in [-0.1, -0.05) is 51.1 Å². The van der Waals surface area contributed by atoms with Gasteiger partial charge in [-0.3, -0.25) is 4.98 Å². The van der Waals surface area contributed by atoms with Gasteiger partial charge in [-0.2, -0.15) is 0 Å². The number of nitrogens with zero attached hydrogens (tertiary/aromatic N) is 1. The lowest BCUT2D eigenvalue weighted by molar-refractivity contribution is 0.295. The molecule has 0 radical (unpaired) electrons. The lowest BCUT2D eigenvalue weighted by Gasteiger charge is -2.21. The highest BCUT2D eigenvalue weighted by Gasteiger charge is 2.20. The zero-order chi connectivity index (χ0) is 13.0. The molecule has 1 aromatic heterocycles. The van der Waals surface area contributed by atoms with Crippen molar-refractivity contribution in [3.8, 4) is 5.75 Å². The van der Waals surface area contributed by atoms with Crippen molar-refractivity contribution >= 4 is 0 Å². The molecule has 0 bridgehead atoms. The first-order chi connectivity index (χ1) is 8.57. The van der Waals surface area contributed by atoms with Crippen LogP contribution in [0.2, 0.25) is 0 Å². The summed E-state index contributed by atoms with van der Waals surface area (Å²) >= 11 is 0. The van der Waals surface area contributed by atoms with E-state index < -0.39 is 0 Å². The van der Waals surface area contributed by atoms with E-state index in [1.54, 1.807) is 0 Å². The van der Waals surface area contributed by atoms with Crippen LogP contribution in [0.25, 0.3) is 0 Å². The van der Waals surface area contributed by atoms with Crippen molar-refractivity contribution in [2.75, 3.05) is 0 Å². The Balaban J connectivity index is 2.15. The molecule has 1 heterocycles. The molecular formula is C16H19NO. The molecule has 2 nitrogen and oxygen atoms in total. The molecule has 2 rings (SSSR count). The first-order valence-electron chi connectivity index (χ1n) is 6.19. The van der Waals surface area contributed by atoms with Gasteiger partial charge in [0.15, 0.2) is 0 Å². The van der Waals surface area contributed by atoms with Crippen LogP contribution in [0, 0.1) is 0 Å². The maximum absolute atomic E-state index is 5.89. The van der Waals surface area contributed by atoms with E-state index in [1.165, 1.54) is 5.56 Å². The molecule has 0 aliphatic carbocycles. The van der Waals surface area contributed by atoms with E-state index >= 15 is 0 Å². The summed E-state index contributed by atoms with van der Waals surface area (Å²) in [4.78, 5) is 4.44. The molecule has 0 fully saturated rings. The third-order valence-corrected chi connectivity index (χ3v) is 2.72. The largest absolute Gasteiger partial charge is 0.487 e. The number of rotatable bonds is 3. The second kappa shape index (κ2) is 5.21. The molecule has 94 valence electrons. The van der Waals surface area contributed by atoms with Gasteiger partial charge < -0.3 is 4.74 Å². The Morgan fingerprint density at radius 3 is 2.39 bits per heavy atom. The highest BCUT2D eigenvalue weighted by atomic mass is 16.5. The molecule has 0 saturated heterocycles. The van der Waals surface area contributed by atoms with Gasteiger partial charge in [-0.15, -0.1) is 0 Å². The quantitative estimate of drug-likeness (QED) is 0.811. The van der Waals surface area contributed by atoms with E-state index in [0.717, 1.165) is 11.4 Å². The van der Waals surface area contributed by atoms with Gasteiger partial charge in [-0.05, 0) is 17.7 Å². The Morgan fingerprint density at radius 1 is 1.00 bits per heavy atom. The second-order valence-corrected chi connectivity index (χ2v) is 5.37. The topological polar surface area (TPSA) is 22.1 Å². The second-order valence-electron chi connectivity index (χ2n) is 5.37. The number of pyridine rings is 1. The van der Waals surface area contributed by atoms with Crippen molar-refractivity contribution in [2.24, 2.45) is 0 Å². The van der Waals surface area contributed by atoms with E-state index in [9.17, 15) is 0 Å². The van der Waals surface area contributed by atoms with Gasteiger partial charge in [0.1, 0.15) is 12.4 Å². The summed E-state index contributed by atoms with van der Waals surface area (Å²) in [5.41, 5.74) is 2.16. The van der Waals surface area contributed by atoms with Crippen LogP contribution in [0.15, 0.2) is 48.7 Å². The molecule has 0 amide bonds. The Bertz CT molecular complexity index is 500. The highest BCUT2D eigenvalue weighted by molar-refractivity contribution is 5.32. The minimum absolute atomic E-state index is 0.00667. The molecule has 1 aromatic carbocycles. The van der Waals surface area contributed by atoms with Crippen molar-refractivity contribution in [1.82, 2.24) is 4.98 Å². The fraction of sp³-hybridized carbons (Fsp3) is 0.312. The van der Waals surface area contributed by atoms with Crippen LogP contribution in [-0.2, 0) is 12.0 Å². The summed E-state index contributed by atoms with van der Waals surface area (Å²) in [6.45, 7) is 7.01. The number of benzene rings is 1. The molecule has 2 aromatic rings. The first-order valence-corrected chi connectivity index (χ1v) is 6.19. The molecule has 0 aliphatic rings. The van der Waals surface area contributed by atoms with Crippen molar-refractivity contribution in [1.29, 1.82) is 0 Å². The van der Waals surface area contributed by atoms with Crippen LogP contribution in [-0.4, -0.2) is 4.98 Å². The number of ether oxygens (including phenoxy) is 1. The predicted octanol–water partition coefficient (Wildman–Crippen LogP) is 3.96. The standard InChI is InChI=1S/C16H19NO/c1-16(2,3)15-14(10-7-11-17-15)18-12-13-8-5-4-6-9-13/h4-11H,12H2,1-3H3. The Labute approximate surface area is 109 Å². The summed E-state index contributed by atoms with van der Waals surface area (Å²) in [6, 6.07) is 14.1. The number of hydrogen-bond donors (Lipinski definition) is 0. The molecular weight excluding hydrogens is 222 g/mol. The maximum Gasteiger partial charge on any atom is 0.141 e. The minimum Gasteiger partial charge on any atom is -0.487 e. The zero-order valence-electron chi connectivity index (χ0n) is 11.2. The van der Waals surface area contributed by atoms with E-state index in [2.05, 4.69) is 37.9 Å². The average Bonchev–Trinajstić information content (AvgIpc) is 2.37. The van der Waals surface area contributed by atoms with Crippen molar-refractivity contribution in [3.63, 3.8) is 0 Å². The Morgan fingerprint density at radius 2 is 1.72 bits per heavy atom. The van der Waals surface area contributed by atoms with Gasteiger partial charge in [-0.25, -0.2) is 0 Å². The van der Waals surface area contributed by atoms with Crippen LogP contribution >= 0.6 is 0 Å². The third-order valence-electron chi connectivity index (χ3n) is 2.72. The minimum atomic E-state index is -0.00667. The van der Waals surface area contributed by atoms with Gasteiger partial charge >= 0.3 is 0 Å². The fourth-order valence-corrected chi connectivity index (χ4v) is 1.81. The normalized spacial score (nSPS) is 11.3. The van der Waals surface area contributed by atoms with Crippen LogP contribution in [0.4, 0.5) is 0 Å². The van der Waals surface area contributed by atoms with E-state index in [1.807, 2.05) is 36.5 Å². The maximum atomic E-state index is 5.89. The highest BCUT2D eigenvalue weighted by Crippen LogP contribution is 2.29. The van der Waals surface area contributed by atoms with E-state index in [-0.39, 0.29) is 5.41 Å². The molecule has 2 heteroatoms. The molecule has 0 spiro atoms. The average molecular weight is 241 g/mol. The van der Waals surface area contributed by atoms with Crippen molar-refractivity contribution in [2.45, 2.75) is 32.8 Å². The van der Waals surface area contributed by atoms with E-state index in [0.29, 0.717) is 6.61 Å². The zero-order valence-corrected chi connectivity index (χ0v) is 11.2. The van der Waals surface area contributed by atoms with Gasteiger partial charge in [0.2, 0.25) is 0 Å². The molecule has 18 heavy (non-hydrogen) atoms. The summed E-state index contributed by atoms with van der Waals surface area (Å²) in [7, 11) is 0. The third kappa shape index (κ3) is 3.10. The fourth-order valence-electron chi connectivity index (χ4n) is 1.81. The lowest BCUT2D eigenvalue weighted by atomic mass is 9.91. The van der Waals surface area contributed by atoms with Crippen LogP contribution in [0.5, 0.6) is 5.75 Å². The van der Waals surface area contributed by atoms with E-state index in [4.69, 9.17) is 4.74 Å². The summed E-state index contributed by atoms with van der Waals surface area (Å²) in [6.07, 6.45) is 1.82. The van der Waals surface area contributed by atoms with Gasteiger partial charge in [0.05, 0.1) is 5.69 Å². The monoisotopic (exact) mass is 241 g/mol. The van der Waals surface area contributed by atoms with Crippen LogP contribution < -0.4 is 4.74 Å². The summed E-state index contributed by atoms with van der Waals surface area (Å²) < 4.78 is 5.89. The lowest BCUT2D eigenvalue weighted by Crippen LogP contribution is -2.15. The Kier molecular flexibility index (Phi) is 3.66. The molecule has 0 unspecified atom stereocenters. The first kappa shape index (κ1) is 12.6. The SMILES string of the molecule is CC(C)(C)c1ncccc1OCc1ccccc1. The number of aromatic nitrogens is 1.